The van der Waals surface area contributed by atoms with Crippen LogP contribution < -0.4 is 5.32 Å². The number of hydrogen-bond donors (Lipinski definition) is 1. The minimum atomic E-state index is 0.110. The molecule has 112 valence electrons. The number of Topliss-reactive ketones (excluding diaryl/α,β-unsaturated/α-hetero) is 1. The Morgan fingerprint density at radius 2 is 2.30 bits per heavy atom. The van der Waals surface area contributed by atoms with Gasteiger partial charge in [0.1, 0.15) is 5.69 Å². The first-order chi connectivity index (χ1) is 9.50. The maximum absolute atomic E-state index is 12.5. The van der Waals surface area contributed by atoms with E-state index in [0.29, 0.717) is 29.0 Å². The molecule has 1 N–H and O–H groups in total. The summed E-state index contributed by atoms with van der Waals surface area (Å²) in [6.45, 7) is 8.30. The predicted molar refractivity (Wildman–Crippen MR) is 81.3 cm³/mol. The van der Waals surface area contributed by atoms with Crippen LogP contribution in [0.25, 0.3) is 0 Å². The first-order valence-electron chi connectivity index (χ1n) is 7.47. The summed E-state index contributed by atoms with van der Waals surface area (Å²) < 4.78 is 1.73. The van der Waals surface area contributed by atoms with E-state index in [1.54, 1.807) is 10.9 Å². The van der Waals surface area contributed by atoms with Crippen molar-refractivity contribution < 1.29 is 4.79 Å². The largest absolute Gasteiger partial charge is 0.316 e. The number of ketones is 1. The average molecular weight is 298 g/mol. The monoisotopic (exact) mass is 297 g/mol. The van der Waals surface area contributed by atoms with Crippen molar-refractivity contribution in [3.63, 3.8) is 0 Å². The van der Waals surface area contributed by atoms with Crippen molar-refractivity contribution in [2.24, 2.45) is 11.8 Å². The van der Waals surface area contributed by atoms with Gasteiger partial charge in [0.15, 0.2) is 5.78 Å². The number of piperidine rings is 1. The minimum absolute atomic E-state index is 0.110. The van der Waals surface area contributed by atoms with E-state index in [1.165, 1.54) is 12.8 Å². The number of nitrogens with zero attached hydrogens (tertiary/aromatic N) is 2. The third kappa shape index (κ3) is 3.41. The molecule has 1 saturated heterocycles. The molecule has 0 spiro atoms. The fourth-order valence-electron chi connectivity index (χ4n) is 2.91. The second-order valence-corrected chi connectivity index (χ2v) is 6.50. The molecule has 1 aliphatic heterocycles. The predicted octanol–water partition coefficient (Wildman–Crippen LogP) is 3.33. The van der Waals surface area contributed by atoms with E-state index in [2.05, 4.69) is 17.3 Å². The number of halogens is 1. The molecule has 1 aromatic heterocycles. The third-order valence-corrected chi connectivity index (χ3v) is 4.43. The molecule has 1 aromatic rings. The van der Waals surface area contributed by atoms with E-state index in [4.69, 9.17) is 11.6 Å². The first-order valence-corrected chi connectivity index (χ1v) is 7.85. The van der Waals surface area contributed by atoms with Gasteiger partial charge in [-0.1, -0.05) is 18.5 Å². The van der Waals surface area contributed by atoms with Gasteiger partial charge in [0.05, 0.1) is 11.2 Å². The van der Waals surface area contributed by atoms with Gasteiger partial charge < -0.3 is 5.32 Å². The summed E-state index contributed by atoms with van der Waals surface area (Å²) in [6.07, 6.45) is 4.53. The number of hydrogen-bond acceptors (Lipinski definition) is 3. The van der Waals surface area contributed by atoms with Crippen molar-refractivity contribution in [3.8, 4) is 0 Å². The number of rotatable bonds is 5. The molecule has 1 fully saturated rings. The molecule has 0 radical (unpaired) electrons. The van der Waals surface area contributed by atoms with Gasteiger partial charge in [-0.05, 0) is 51.6 Å². The van der Waals surface area contributed by atoms with Crippen molar-refractivity contribution in [3.05, 3.63) is 16.9 Å². The highest BCUT2D eigenvalue weighted by atomic mass is 35.5. The van der Waals surface area contributed by atoms with Crippen LogP contribution in [0.5, 0.6) is 0 Å². The van der Waals surface area contributed by atoms with Gasteiger partial charge in [-0.3, -0.25) is 9.48 Å². The fourth-order valence-corrected chi connectivity index (χ4v) is 3.15. The standard InChI is InChI=1S/C15H24ClN3O/c1-10(2)19-15(13(16)9-18-19)14(20)7-11(3)12-5-4-6-17-8-12/h9-12,17H,4-8H2,1-3H3. The molecule has 2 heterocycles. The Morgan fingerprint density at radius 3 is 2.90 bits per heavy atom. The number of aromatic nitrogens is 2. The molecule has 1 aliphatic rings. The summed E-state index contributed by atoms with van der Waals surface area (Å²) in [4.78, 5) is 12.5. The van der Waals surface area contributed by atoms with Gasteiger partial charge in [-0.2, -0.15) is 5.10 Å². The van der Waals surface area contributed by atoms with Crippen LogP contribution in [-0.2, 0) is 0 Å². The summed E-state index contributed by atoms with van der Waals surface area (Å²) in [5.74, 6) is 1.07. The van der Waals surface area contributed by atoms with Crippen LogP contribution in [0.4, 0.5) is 0 Å². The maximum Gasteiger partial charge on any atom is 0.182 e. The van der Waals surface area contributed by atoms with Gasteiger partial charge in [0.2, 0.25) is 0 Å². The van der Waals surface area contributed by atoms with Crippen LogP contribution in [0.3, 0.4) is 0 Å². The van der Waals surface area contributed by atoms with Crippen LogP contribution in [0, 0.1) is 11.8 Å². The van der Waals surface area contributed by atoms with Gasteiger partial charge in [0.25, 0.3) is 0 Å². The SMILES string of the molecule is CC(CC(=O)c1c(Cl)cnn1C(C)C)C1CCCNC1. The van der Waals surface area contributed by atoms with Crippen LogP contribution in [-0.4, -0.2) is 28.7 Å². The van der Waals surface area contributed by atoms with E-state index >= 15 is 0 Å². The Kier molecular flexibility index (Phi) is 5.22. The van der Waals surface area contributed by atoms with Crippen LogP contribution in [0.2, 0.25) is 5.02 Å². The normalized spacial score (nSPS) is 21.1. The average Bonchev–Trinajstić information content (AvgIpc) is 2.81. The zero-order chi connectivity index (χ0) is 14.7. The highest BCUT2D eigenvalue weighted by Crippen LogP contribution is 2.27. The van der Waals surface area contributed by atoms with Crippen LogP contribution in [0.15, 0.2) is 6.20 Å². The van der Waals surface area contributed by atoms with Gasteiger partial charge in [0, 0.05) is 12.5 Å². The fraction of sp³-hybridized carbons (Fsp3) is 0.733. The molecule has 2 rings (SSSR count). The summed E-state index contributed by atoms with van der Waals surface area (Å²) in [5.41, 5.74) is 0.567. The van der Waals surface area contributed by atoms with E-state index in [-0.39, 0.29) is 11.8 Å². The first kappa shape index (κ1) is 15.5. The summed E-state index contributed by atoms with van der Waals surface area (Å²) in [5, 5.41) is 8.09. The van der Waals surface area contributed by atoms with Crippen molar-refractivity contribution in [1.29, 1.82) is 0 Å². The van der Waals surface area contributed by atoms with Crippen molar-refractivity contribution in [2.75, 3.05) is 13.1 Å². The highest BCUT2D eigenvalue weighted by molar-refractivity contribution is 6.33. The Morgan fingerprint density at radius 1 is 1.55 bits per heavy atom. The zero-order valence-corrected chi connectivity index (χ0v) is 13.3. The van der Waals surface area contributed by atoms with Gasteiger partial charge >= 0.3 is 0 Å². The molecule has 0 aliphatic carbocycles. The summed E-state index contributed by atoms with van der Waals surface area (Å²) in [7, 11) is 0. The number of nitrogens with one attached hydrogen (secondary N) is 1. The molecular formula is C15H24ClN3O. The van der Waals surface area contributed by atoms with Crippen molar-refractivity contribution >= 4 is 17.4 Å². The topological polar surface area (TPSA) is 46.9 Å². The molecule has 4 nitrogen and oxygen atoms in total. The van der Waals surface area contributed by atoms with E-state index in [1.807, 2.05) is 13.8 Å². The number of carbonyl (C=O) groups excluding carboxylic acids is 1. The van der Waals surface area contributed by atoms with Crippen molar-refractivity contribution in [2.45, 2.75) is 46.1 Å². The minimum Gasteiger partial charge on any atom is -0.316 e. The quantitative estimate of drug-likeness (QED) is 0.848. The zero-order valence-electron chi connectivity index (χ0n) is 12.5. The lowest BCUT2D eigenvalue weighted by molar-refractivity contribution is 0.0930. The van der Waals surface area contributed by atoms with E-state index < -0.39 is 0 Å². The lowest BCUT2D eigenvalue weighted by Gasteiger charge is -2.28. The molecule has 2 atom stereocenters. The van der Waals surface area contributed by atoms with Crippen molar-refractivity contribution in [1.82, 2.24) is 15.1 Å². The smallest absolute Gasteiger partial charge is 0.182 e. The third-order valence-electron chi connectivity index (χ3n) is 4.15. The maximum atomic E-state index is 12.5. The Balaban J connectivity index is 2.06. The highest BCUT2D eigenvalue weighted by Gasteiger charge is 2.25. The summed E-state index contributed by atoms with van der Waals surface area (Å²) in [6, 6.07) is 0.146. The molecule has 2 unspecified atom stereocenters. The van der Waals surface area contributed by atoms with Gasteiger partial charge in [-0.25, -0.2) is 0 Å². The lowest BCUT2D eigenvalue weighted by Crippen LogP contribution is -2.34. The molecule has 5 heteroatoms. The second-order valence-electron chi connectivity index (χ2n) is 6.09. The Hall–Kier alpha value is -0.870. The molecular weight excluding hydrogens is 274 g/mol. The van der Waals surface area contributed by atoms with Crippen LogP contribution >= 0.6 is 11.6 Å². The molecule has 0 saturated carbocycles. The molecule has 0 bridgehead atoms. The van der Waals surface area contributed by atoms with Gasteiger partial charge in [-0.15, -0.1) is 0 Å². The molecule has 0 aromatic carbocycles. The lowest BCUT2D eigenvalue weighted by atomic mass is 9.84. The molecule has 20 heavy (non-hydrogen) atoms. The Labute approximate surface area is 125 Å². The number of carbonyl (C=O) groups is 1. The summed E-state index contributed by atoms with van der Waals surface area (Å²) >= 11 is 6.14. The van der Waals surface area contributed by atoms with E-state index in [9.17, 15) is 4.79 Å². The second kappa shape index (κ2) is 6.72. The van der Waals surface area contributed by atoms with Crippen LogP contribution in [0.1, 0.15) is 56.6 Å². The van der Waals surface area contributed by atoms with E-state index in [0.717, 1.165) is 13.1 Å². The molecule has 0 amide bonds. The Bertz CT molecular complexity index is 464.